The molecule has 4 nitrogen and oxygen atoms in total. The van der Waals surface area contributed by atoms with E-state index in [1.807, 2.05) is 24.3 Å². The molecule has 3 aromatic rings. The molecule has 0 fully saturated rings. The molecule has 0 saturated heterocycles. The molecular formula is C20H18ClN3OS. The Kier molecular flexibility index (Phi) is 5.91. The van der Waals surface area contributed by atoms with Crippen LogP contribution >= 0.6 is 23.4 Å². The molecule has 3 rings (SSSR count). The van der Waals surface area contributed by atoms with Gasteiger partial charge >= 0.3 is 0 Å². The van der Waals surface area contributed by atoms with E-state index in [-0.39, 0.29) is 11.7 Å². The highest BCUT2D eigenvalue weighted by molar-refractivity contribution is 7.99. The van der Waals surface area contributed by atoms with Gasteiger partial charge in [-0.1, -0.05) is 59.3 Å². The third kappa shape index (κ3) is 4.62. The van der Waals surface area contributed by atoms with Gasteiger partial charge in [0.15, 0.2) is 0 Å². The number of rotatable bonds is 5. The molecule has 1 heterocycles. The number of benzene rings is 2. The summed E-state index contributed by atoms with van der Waals surface area (Å²) in [4.78, 5) is 12.1. The van der Waals surface area contributed by atoms with Gasteiger partial charge in [-0.25, -0.2) is 0 Å². The van der Waals surface area contributed by atoms with E-state index in [0.717, 1.165) is 11.3 Å². The molecule has 1 N–H and O–H groups in total. The third-order valence-electron chi connectivity index (χ3n) is 3.80. The molecular weight excluding hydrogens is 366 g/mol. The van der Waals surface area contributed by atoms with E-state index >= 15 is 0 Å². The predicted octanol–water partition coefficient (Wildman–Crippen LogP) is 5.14. The highest BCUT2D eigenvalue weighted by Crippen LogP contribution is 2.24. The Morgan fingerprint density at radius 3 is 2.58 bits per heavy atom. The number of hydrogen-bond donors (Lipinski definition) is 1. The number of thioether (sulfide) groups is 1. The molecule has 0 aliphatic heterocycles. The van der Waals surface area contributed by atoms with Gasteiger partial charge in [-0.05, 0) is 43.7 Å². The van der Waals surface area contributed by atoms with E-state index in [2.05, 4.69) is 47.6 Å². The second kappa shape index (κ2) is 8.34. The van der Waals surface area contributed by atoms with Crippen molar-refractivity contribution in [1.82, 2.24) is 10.2 Å². The summed E-state index contributed by atoms with van der Waals surface area (Å²) in [5.41, 5.74) is 4.88. The number of halogens is 1. The molecule has 0 bridgehead atoms. The molecule has 2 aromatic carbocycles. The summed E-state index contributed by atoms with van der Waals surface area (Å²) in [6.07, 6.45) is 0. The van der Waals surface area contributed by atoms with E-state index < -0.39 is 0 Å². The minimum Gasteiger partial charge on any atom is -0.324 e. The number of aryl methyl sites for hydroxylation is 2. The number of aromatic nitrogens is 2. The van der Waals surface area contributed by atoms with Gasteiger partial charge in [-0.15, -0.1) is 10.2 Å². The first-order chi connectivity index (χ1) is 12.5. The highest BCUT2D eigenvalue weighted by Gasteiger charge is 2.08. The van der Waals surface area contributed by atoms with Crippen molar-refractivity contribution in [2.45, 2.75) is 18.9 Å². The van der Waals surface area contributed by atoms with Crippen molar-refractivity contribution in [3.63, 3.8) is 0 Å². The maximum Gasteiger partial charge on any atom is 0.234 e. The van der Waals surface area contributed by atoms with E-state index in [1.54, 1.807) is 12.1 Å². The Bertz CT molecular complexity index is 929. The zero-order valence-electron chi connectivity index (χ0n) is 14.5. The first-order valence-corrected chi connectivity index (χ1v) is 9.48. The number of anilines is 1. The van der Waals surface area contributed by atoms with Gasteiger partial charge in [0.25, 0.3) is 0 Å². The van der Waals surface area contributed by atoms with Crippen molar-refractivity contribution in [1.29, 1.82) is 0 Å². The third-order valence-corrected chi connectivity index (χ3v) is 5.05. The summed E-state index contributed by atoms with van der Waals surface area (Å²) in [6.45, 7) is 4.13. The Hall–Kier alpha value is -2.37. The Labute approximate surface area is 162 Å². The first-order valence-electron chi connectivity index (χ1n) is 8.11. The van der Waals surface area contributed by atoms with E-state index in [9.17, 15) is 4.79 Å². The zero-order chi connectivity index (χ0) is 18.5. The molecule has 132 valence electrons. The monoisotopic (exact) mass is 383 g/mol. The molecule has 6 heteroatoms. The van der Waals surface area contributed by atoms with Crippen molar-refractivity contribution >= 4 is 35.0 Å². The largest absolute Gasteiger partial charge is 0.324 e. The molecule has 1 amide bonds. The van der Waals surface area contributed by atoms with E-state index in [0.29, 0.717) is 15.7 Å². The standard InChI is InChI=1S/C20H18ClN3OS/c1-13-7-8-15(14(2)11-13)17-9-10-20(24-23-17)26-12-19(25)22-18-6-4-3-5-16(18)21/h3-11H,12H2,1-2H3,(H,22,25). The van der Waals surface area contributed by atoms with Crippen molar-refractivity contribution < 1.29 is 4.79 Å². The minimum absolute atomic E-state index is 0.136. The summed E-state index contributed by atoms with van der Waals surface area (Å²) < 4.78 is 0. The van der Waals surface area contributed by atoms with Crippen molar-refractivity contribution in [3.05, 3.63) is 70.7 Å². The molecule has 0 radical (unpaired) electrons. The van der Waals surface area contributed by atoms with Crippen LogP contribution in [0.5, 0.6) is 0 Å². The first kappa shape index (κ1) is 18.4. The van der Waals surface area contributed by atoms with Crippen LogP contribution in [0.3, 0.4) is 0 Å². The number of carbonyl (C=O) groups is 1. The van der Waals surface area contributed by atoms with Gasteiger partial charge in [0.05, 0.1) is 22.2 Å². The molecule has 0 atom stereocenters. The average molecular weight is 384 g/mol. The number of nitrogens with zero attached hydrogens (tertiary/aromatic N) is 2. The van der Waals surface area contributed by atoms with Gasteiger partial charge < -0.3 is 5.32 Å². The number of amides is 1. The van der Waals surface area contributed by atoms with Gasteiger partial charge in [-0.3, -0.25) is 4.79 Å². The smallest absolute Gasteiger partial charge is 0.234 e. The van der Waals surface area contributed by atoms with Crippen molar-refractivity contribution in [2.24, 2.45) is 0 Å². The molecule has 0 aliphatic rings. The lowest BCUT2D eigenvalue weighted by Crippen LogP contribution is -2.14. The molecule has 0 unspecified atom stereocenters. The number of nitrogens with one attached hydrogen (secondary N) is 1. The quantitative estimate of drug-likeness (QED) is 0.619. The minimum atomic E-state index is -0.136. The lowest BCUT2D eigenvalue weighted by molar-refractivity contribution is -0.113. The summed E-state index contributed by atoms with van der Waals surface area (Å²) in [5, 5.41) is 12.5. The number of hydrogen-bond acceptors (Lipinski definition) is 4. The van der Waals surface area contributed by atoms with Crippen LogP contribution in [0.1, 0.15) is 11.1 Å². The van der Waals surface area contributed by atoms with E-state index in [4.69, 9.17) is 11.6 Å². The van der Waals surface area contributed by atoms with E-state index in [1.165, 1.54) is 22.9 Å². The van der Waals surface area contributed by atoms with Crippen LogP contribution in [0.2, 0.25) is 5.02 Å². The maximum absolute atomic E-state index is 12.1. The molecule has 0 saturated carbocycles. The average Bonchev–Trinajstić information content (AvgIpc) is 2.63. The topological polar surface area (TPSA) is 54.9 Å². The summed E-state index contributed by atoms with van der Waals surface area (Å²) in [6, 6.07) is 17.2. The predicted molar refractivity (Wildman–Crippen MR) is 108 cm³/mol. The van der Waals surface area contributed by atoms with Crippen molar-refractivity contribution in [3.8, 4) is 11.3 Å². The fraction of sp³-hybridized carbons (Fsp3) is 0.150. The number of para-hydroxylation sites is 1. The Morgan fingerprint density at radius 2 is 1.88 bits per heavy atom. The number of carbonyl (C=O) groups excluding carboxylic acids is 1. The lowest BCUT2D eigenvalue weighted by Gasteiger charge is -2.07. The van der Waals surface area contributed by atoms with Crippen molar-refractivity contribution in [2.75, 3.05) is 11.1 Å². The summed E-state index contributed by atoms with van der Waals surface area (Å²) >= 11 is 7.38. The second-order valence-corrected chi connectivity index (χ2v) is 7.29. The fourth-order valence-electron chi connectivity index (χ4n) is 2.53. The zero-order valence-corrected chi connectivity index (χ0v) is 16.1. The lowest BCUT2D eigenvalue weighted by atomic mass is 10.0. The summed E-state index contributed by atoms with van der Waals surface area (Å²) in [5.74, 6) is 0.103. The van der Waals surface area contributed by atoms with Crippen LogP contribution in [0.15, 0.2) is 59.6 Å². The Morgan fingerprint density at radius 1 is 1.08 bits per heavy atom. The van der Waals surface area contributed by atoms with Crippen LogP contribution in [0.4, 0.5) is 5.69 Å². The van der Waals surface area contributed by atoms with Crippen LogP contribution in [-0.2, 0) is 4.79 Å². The molecule has 26 heavy (non-hydrogen) atoms. The molecule has 0 aliphatic carbocycles. The van der Waals surface area contributed by atoms with Crippen LogP contribution < -0.4 is 5.32 Å². The molecule has 0 spiro atoms. The Balaban J connectivity index is 1.61. The van der Waals surface area contributed by atoms with Gasteiger partial charge in [0, 0.05) is 5.56 Å². The van der Waals surface area contributed by atoms with Gasteiger partial charge in [-0.2, -0.15) is 0 Å². The van der Waals surface area contributed by atoms with Gasteiger partial charge in [0.1, 0.15) is 5.03 Å². The maximum atomic E-state index is 12.1. The summed E-state index contributed by atoms with van der Waals surface area (Å²) in [7, 11) is 0. The van der Waals surface area contributed by atoms with Gasteiger partial charge in [0.2, 0.25) is 5.91 Å². The SMILES string of the molecule is Cc1ccc(-c2ccc(SCC(=O)Nc3ccccc3Cl)nn2)c(C)c1. The van der Waals surface area contributed by atoms with Crippen LogP contribution in [-0.4, -0.2) is 21.9 Å². The fourth-order valence-corrected chi connectivity index (χ4v) is 3.33. The van der Waals surface area contributed by atoms with Crippen LogP contribution in [0.25, 0.3) is 11.3 Å². The second-order valence-electron chi connectivity index (χ2n) is 5.89. The van der Waals surface area contributed by atoms with Crippen LogP contribution in [0, 0.1) is 13.8 Å². The molecule has 1 aromatic heterocycles. The normalized spacial score (nSPS) is 10.6. The highest BCUT2D eigenvalue weighted by atomic mass is 35.5.